The number of nitrogens with one attached hydrogen (secondary N) is 1. The zero-order valence-electron chi connectivity index (χ0n) is 11.0. The molecule has 0 fully saturated rings. The van der Waals surface area contributed by atoms with E-state index in [0.29, 0.717) is 5.92 Å². The van der Waals surface area contributed by atoms with Crippen LogP contribution >= 0.6 is 0 Å². The zero-order chi connectivity index (χ0) is 12.7. The number of hydrogen-bond donors (Lipinski definition) is 1. The predicted octanol–water partition coefficient (Wildman–Crippen LogP) is 3.86. The molecular weight excluding hydrogens is 213 g/mol. The Morgan fingerprint density at radius 2 is 2.18 bits per heavy atom. The fraction of sp³-hybridized carbons (Fsp3) is 0.467. The van der Waals surface area contributed by atoms with Gasteiger partial charge in [0, 0.05) is 6.54 Å². The Labute approximate surface area is 104 Å². The van der Waals surface area contributed by atoms with Crippen molar-refractivity contribution in [2.24, 2.45) is 5.92 Å². The molecule has 0 spiro atoms. The molecule has 0 bridgehead atoms. The van der Waals surface area contributed by atoms with Gasteiger partial charge >= 0.3 is 0 Å². The van der Waals surface area contributed by atoms with E-state index >= 15 is 0 Å². The van der Waals surface area contributed by atoms with Gasteiger partial charge in [-0.15, -0.1) is 0 Å². The lowest BCUT2D eigenvalue weighted by atomic mass is 10.00. The molecule has 0 aliphatic rings. The Morgan fingerprint density at radius 3 is 2.76 bits per heavy atom. The molecule has 0 aliphatic carbocycles. The summed E-state index contributed by atoms with van der Waals surface area (Å²) in [6.45, 7) is 8.38. The van der Waals surface area contributed by atoms with E-state index in [0.717, 1.165) is 25.1 Å². The summed E-state index contributed by atoms with van der Waals surface area (Å²) in [5, 5.41) is 3.39. The third-order valence-corrected chi connectivity index (χ3v) is 2.70. The second-order valence-corrected chi connectivity index (χ2v) is 4.61. The van der Waals surface area contributed by atoms with Crippen molar-refractivity contribution >= 4 is 6.08 Å². The van der Waals surface area contributed by atoms with Crippen LogP contribution in [0.3, 0.4) is 0 Å². The highest BCUT2D eigenvalue weighted by atomic mass is 19.1. The third-order valence-electron chi connectivity index (χ3n) is 2.70. The average molecular weight is 235 g/mol. The van der Waals surface area contributed by atoms with Crippen LogP contribution in [0.5, 0.6) is 0 Å². The molecule has 0 saturated carbocycles. The molecule has 1 aromatic carbocycles. The summed E-state index contributed by atoms with van der Waals surface area (Å²) in [7, 11) is 0. The van der Waals surface area contributed by atoms with Crippen LogP contribution in [0, 0.1) is 11.7 Å². The van der Waals surface area contributed by atoms with Crippen molar-refractivity contribution in [1.82, 2.24) is 5.32 Å². The minimum atomic E-state index is -0.177. The summed E-state index contributed by atoms with van der Waals surface area (Å²) in [5.74, 6) is 0.297. The average Bonchev–Trinajstić information content (AvgIpc) is 2.28. The molecule has 0 unspecified atom stereocenters. The Kier molecular flexibility index (Phi) is 5.92. The second-order valence-electron chi connectivity index (χ2n) is 4.61. The number of hydrogen-bond acceptors (Lipinski definition) is 1. The lowest BCUT2D eigenvalue weighted by molar-refractivity contribution is 0.627. The summed E-state index contributed by atoms with van der Waals surface area (Å²) < 4.78 is 13.1. The highest BCUT2D eigenvalue weighted by Crippen LogP contribution is 2.14. The van der Waals surface area contributed by atoms with Crippen molar-refractivity contribution in [1.29, 1.82) is 0 Å². The molecule has 1 nitrogen and oxygen atoms in total. The summed E-state index contributed by atoms with van der Waals surface area (Å²) in [4.78, 5) is 0. The van der Waals surface area contributed by atoms with Crippen molar-refractivity contribution in [3.8, 4) is 0 Å². The van der Waals surface area contributed by atoms with Crippen LogP contribution in [0.1, 0.15) is 32.8 Å². The molecule has 17 heavy (non-hydrogen) atoms. The maximum atomic E-state index is 13.1. The monoisotopic (exact) mass is 235 g/mol. The van der Waals surface area contributed by atoms with E-state index in [2.05, 4.69) is 32.2 Å². The van der Waals surface area contributed by atoms with Gasteiger partial charge in [-0.3, -0.25) is 0 Å². The molecule has 0 amide bonds. The number of halogens is 1. The Bertz CT molecular complexity index is 369. The highest BCUT2D eigenvalue weighted by Gasteiger charge is 2.03. The summed E-state index contributed by atoms with van der Waals surface area (Å²) in [6.07, 6.45) is 3.21. The summed E-state index contributed by atoms with van der Waals surface area (Å²) in [5.41, 5.74) is 2.25. The molecule has 2 heteroatoms. The Morgan fingerprint density at radius 1 is 1.41 bits per heavy atom. The van der Waals surface area contributed by atoms with E-state index in [1.165, 1.54) is 11.6 Å². The fourth-order valence-corrected chi connectivity index (χ4v) is 1.64. The molecular formula is C15H22FN. The summed E-state index contributed by atoms with van der Waals surface area (Å²) in [6, 6.07) is 6.73. The quantitative estimate of drug-likeness (QED) is 0.738. The first-order valence-corrected chi connectivity index (χ1v) is 6.30. The predicted molar refractivity (Wildman–Crippen MR) is 72.4 cm³/mol. The molecule has 0 aliphatic heterocycles. The highest BCUT2D eigenvalue weighted by molar-refractivity contribution is 5.53. The van der Waals surface area contributed by atoms with Gasteiger partial charge in [-0.25, -0.2) is 4.39 Å². The Hall–Kier alpha value is -1.15. The first-order chi connectivity index (χ1) is 8.13. The lowest BCUT2D eigenvalue weighted by Crippen LogP contribution is -2.19. The van der Waals surface area contributed by atoms with Crippen LogP contribution in [0.2, 0.25) is 0 Å². The van der Waals surface area contributed by atoms with Crippen LogP contribution in [-0.2, 0) is 0 Å². The van der Waals surface area contributed by atoms with E-state index < -0.39 is 0 Å². The minimum Gasteiger partial charge on any atom is -0.313 e. The first kappa shape index (κ1) is 13.9. The smallest absolute Gasteiger partial charge is 0.123 e. The number of benzene rings is 1. The van der Waals surface area contributed by atoms with E-state index in [1.807, 2.05) is 6.07 Å². The van der Waals surface area contributed by atoms with Crippen molar-refractivity contribution in [2.45, 2.75) is 27.2 Å². The van der Waals surface area contributed by atoms with Gasteiger partial charge in [0.2, 0.25) is 0 Å². The molecule has 0 saturated heterocycles. The van der Waals surface area contributed by atoms with Gasteiger partial charge < -0.3 is 5.32 Å². The van der Waals surface area contributed by atoms with E-state index in [-0.39, 0.29) is 5.82 Å². The van der Waals surface area contributed by atoms with Gasteiger partial charge in [-0.05, 0) is 36.6 Å². The van der Waals surface area contributed by atoms with Crippen LogP contribution in [0.25, 0.3) is 6.08 Å². The van der Waals surface area contributed by atoms with Gasteiger partial charge in [0.05, 0.1) is 0 Å². The van der Waals surface area contributed by atoms with Gasteiger partial charge in [-0.2, -0.15) is 0 Å². The van der Waals surface area contributed by atoms with Crippen molar-refractivity contribution < 1.29 is 4.39 Å². The maximum Gasteiger partial charge on any atom is 0.123 e. The molecule has 1 aromatic rings. The molecule has 1 N–H and O–H groups in total. The summed E-state index contributed by atoms with van der Waals surface area (Å²) >= 11 is 0. The molecule has 0 radical (unpaired) electrons. The van der Waals surface area contributed by atoms with Crippen molar-refractivity contribution in [2.75, 3.05) is 13.1 Å². The Balaban J connectivity index is 2.75. The molecule has 1 rings (SSSR count). The van der Waals surface area contributed by atoms with Crippen LogP contribution in [0.15, 0.2) is 29.8 Å². The normalized spacial score (nSPS) is 12.2. The largest absolute Gasteiger partial charge is 0.313 e. The van der Waals surface area contributed by atoms with Gasteiger partial charge in [-0.1, -0.05) is 44.6 Å². The lowest BCUT2D eigenvalue weighted by Gasteiger charge is -2.12. The van der Waals surface area contributed by atoms with Gasteiger partial charge in [0.15, 0.2) is 0 Å². The van der Waals surface area contributed by atoms with Gasteiger partial charge in [0.1, 0.15) is 5.82 Å². The van der Waals surface area contributed by atoms with Crippen LogP contribution < -0.4 is 5.32 Å². The minimum absolute atomic E-state index is 0.177. The first-order valence-electron chi connectivity index (χ1n) is 6.30. The molecule has 94 valence electrons. The standard InChI is InChI=1S/C15H22FN/c1-4-8-17-11-14(12(2)3)9-13-6-5-7-15(16)10-13/h5-7,9-10,12,17H,4,8,11H2,1-3H3. The van der Waals surface area contributed by atoms with Crippen molar-refractivity contribution in [3.05, 3.63) is 41.2 Å². The third kappa shape index (κ3) is 5.14. The maximum absolute atomic E-state index is 13.1. The fourth-order valence-electron chi connectivity index (χ4n) is 1.64. The van der Waals surface area contributed by atoms with E-state index in [4.69, 9.17) is 0 Å². The topological polar surface area (TPSA) is 12.0 Å². The number of rotatable bonds is 6. The van der Waals surface area contributed by atoms with Crippen LogP contribution in [-0.4, -0.2) is 13.1 Å². The van der Waals surface area contributed by atoms with E-state index in [1.54, 1.807) is 12.1 Å². The van der Waals surface area contributed by atoms with Crippen molar-refractivity contribution in [3.63, 3.8) is 0 Å². The molecule has 0 aromatic heterocycles. The van der Waals surface area contributed by atoms with Gasteiger partial charge in [0.25, 0.3) is 0 Å². The zero-order valence-corrected chi connectivity index (χ0v) is 11.0. The SMILES string of the molecule is CCCNCC(=Cc1cccc(F)c1)C(C)C. The molecule has 0 heterocycles. The molecule has 0 atom stereocenters. The van der Waals surface area contributed by atoms with Crippen LogP contribution in [0.4, 0.5) is 4.39 Å². The van der Waals surface area contributed by atoms with E-state index in [9.17, 15) is 4.39 Å². The second kappa shape index (κ2) is 7.23.